The number of piperidine rings is 1. The Bertz CT molecular complexity index is 1280. The molecular weight excluding hydrogens is 566 g/mol. The highest BCUT2D eigenvalue weighted by atomic mass is 35.5. The predicted molar refractivity (Wildman–Crippen MR) is 177 cm³/mol. The van der Waals surface area contributed by atoms with E-state index in [1.165, 1.54) is 47.2 Å². The van der Waals surface area contributed by atoms with Crippen LogP contribution in [0.25, 0.3) is 0 Å². The van der Waals surface area contributed by atoms with Crippen LogP contribution in [0.1, 0.15) is 84.6 Å². The molecule has 0 saturated carbocycles. The van der Waals surface area contributed by atoms with E-state index in [9.17, 15) is 9.18 Å². The first-order chi connectivity index (χ1) is 19.2. The second-order valence-electron chi connectivity index (χ2n) is 13.0. The summed E-state index contributed by atoms with van der Waals surface area (Å²) in [5, 5.41) is 0. The number of benzene rings is 3. The number of halogens is 3. The van der Waals surface area contributed by atoms with Crippen molar-refractivity contribution in [2.24, 2.45) is 5.92 Å². The van der Waals surface area contributed by atoms with Gasteiger partial charge in [-0.3, -0.25) is 14.6 Å². The van der Waals surface area contributed by atoms with Gasteiger partial charge in [0, 0.05) is 38.2 Å². The van der Waals surface area contributed by atoms with Crippen LogP contribution in [0, 0.1) is 11.7 Å². The third-order valence-corrected chi connectivity index (χ3v) is 8.96. The lowest BCUT2D eigenvalue weighted by Gasteiger charge is -2.32. The number of carbonyl (C=O) groups is 1. The minimum Gasteiger partial charge on any atom is -0.299 e. The molecule has 1 fully saturated rings. The molecule has 3 aromatic rings. The zero-order valence-corrected chi connectivity index (χ0v) is 27.0. The number of ketones is 1. The van der Waals surface area contributed by atoms with Gasteiger partial charge in [-0.1, -0.05) is 69.3 Å². The predicted octanol–water partition coefficient (Wildman–Crippen LogP) is 8.44. The molecule has 1 saturated heterocycles. The summed E-state index contributed by atoms with van der Waals surface area (Å²) in [5.41, 5.74) is 7.67. The number of Topliss-reactive ketones (excluding diaryl/α,β-unsaturated/α-hetero) is 1. The van der Waals surface area contributed by atoms with Gasteiger partial charge in [0.25, 0.3) is 0 Å². The molecule has 0 aromatic heterocycles. The van der Waals surface area contributed by atoms with Crippen LogP contribution in [0.15, 0.2) is 66.7 Å². The summed E-state index contributed by atoms with van der Waals surface area (Å²) < 4.78 is 13.3. The summed E-state index contributed by atoms with van der Waals surface area (Å²) in [7, 11) is 0. The van der Waals surface area contributed by atoms with Crippen molar-refractivity contribution in [1.29, 1.82) is 0 Å². The first kappa shape index (κ1) is 34.3. The van der Waals surface area contributed by atoms with Crippen molar-refractivity contribution in [2.75, 3.05) is 26.2 Å². The molecule has 3 aromatic carbocycles. The van der Waals surface area contributed by atoms with Gasteiger partial charge in [0.05, 0.1) is 0 Å². The quantitative estimate of drug-likeness (QED) is 0.238. The van der Waals surface area contributed by atoms with Crippen LogP contribution in [-0.2, 0) is 31.3 Å². The highest BCUT2D eigenvalue weighted by Gasteiger charge is 2.22. The minimum absolute atomic E-state index is 0. The molecule has 2 aliphatic heterocycles. The first-order valence-corrected chi connectivity index (χ1v) is 15.2. The third-order valence-electron chi connectivity index (χ3n) is 8.96. The average molecular weight is 614 g/mol. The fraction of sp³-hybridized carbons (Fsp3) is 0.472. The second kappa shape index (κ2) is 15.5. The molecule has 0 aliphatic carbocycles. The number of likely N-dealkylation sites (tertiary alicyclic amines) is 1. The molecule has 3 nitrogen and oxygen atoms in total. The van der Waals surface area contributed by atoms with E-state index in [-0.39, 0.29) is 41.8 Å². The van der Waals surface area contributed by atoms with Crippen LogP contribution in [0.3, 0.4) is 0 Å². The molecular formula is C36H47Cl2FN2O. The van der Waals surface area contributed by atoms with Gasteiger partial charge in [-0.15, -0.1) is 24.8 Å². The lowest BCUT2D eigenvalue weighted by atomic mass is 9.86. The minimum atomic E-state index is -0.188. The maximum Gasteiger partial charge on any atom is 0.162 e. The van der Waals surface area contributed by atoms with Crippen LogP contribution < -0.4 is 0 Å². The monoisotopic (exact) mass is 612 g/mol. The van der Waals surface area contributed by atoms with E-state index >= 15 is 0 Å². The first-order valence-electron chi connectivity index (χ1n) is 15.2. The number of nitrogens with zero attached hydrogens (tertiary/aromatic N) is 2. The molecule has 5 rings (SSSR count). The van der Waals surface area contributed by atoms with Gasteiger partial charge in [-0.05, 0) is 103 Å². The Kier molecular flexibility index (Phi) is 12.6. The fourth-order valence-electron chi connectivity index (χ4n) is 6.23. The van der Waals surface area contributed by atoms with E-state index in [2.05, 4.69) is 67.0 Å². The topological polar surface area (TPSA) is 23.6 Å². The lowest BCUT2D eigenvalue weighted by molar-refractivity contribution is 0.0961. The van der Waals surface area contributed by atoms with Crippen molar-refractivity contribution in [2.45, 2.75) is 77.8 Å². The van der Waals surface area contributed by atoms with E-state index in [0.29, 0.717) is 12.3 Å². The summed E-state index contributed by atoms with van der Waals surface area (Å²) in [6, 6.07) is 22.3. The molecule has 0 unspecified atom stereocenters. The Hall–Kier alpha value is -2.24. The molecule has 228 valence electrons. The summed E-state index contributed by atoms with van der Waals surface area (Å²) >= 11 is 0. The molecule has 42 heavy (non-hydrogen) atoms. The Morgan fingerprint density at radius 1 is 0.762 bits per heavy atom. The number of hydrogen-bond donors (Lipinski definition) is 0. The molecule has 0 spiro atoms. The standard InChI is InChI=1S/C36H45FN2O.2ClH/c1-36(2,3)33-11-4-28(5-12-33)25-38-20-16-27(17-21-38)8-15-35(40)32-10-9-30-18-22-39(23-19-31(30)24-32)26-29-6-13-34(37)14-7-29;;/h4-7,9-14,24,27H,8,15-23,25-26H2,1-3H3;2*1H. The van der Waals surface area contributed by atoms with Crippen LogP contribution in [0.2, 0.25) is 0 Å². The van der Waals surface area contributed by atoms with Gasteiger partial charge in [0.1, 0.15) is 5.82 Å². The number of carbonyl (C=O) groups excluding carboxylic acids is 1. The van der Waals surface area contributed by atoms with E-state index in [4.69, 9.17) is 0 Å². The van der Waals surface area contributed by atoms with Crippen molar-refractivity contribution in [3.05, 3.63) is 106 Å². The lowest BCUT2D eigenvalue weighted by Crippen LogP contribution is -2.33. The van der Waals surface area contributed by atoms with Crippen LogP contribution in [-0.4, -0.2) is 41.8 Å². The molecule has 0 bridgehead atoms. The fourth-order valence-corrected chi connectivity index (χ4v) is 6.23. The molecule has 6 heteroatoms. The van der Waals surface area contributed by atoms with Crippen molar-refractivity contribution in [3.63, 3.8) is 0 Å². The number of fused-ring (bicyclic) bond motifs is 1. The van der Waals surface area contributed by atoms with Crippen LogP contribution in [0.4, 0.5) is 4.39 Å². The van der Waals surface area contributed by atoms with Gasteiger partial charge >= 0.3 is 0 Å². The number of rotatable bonds is 8. The highest BCUT2D eigenvalue weighted by Crippen LogP contribution is 2.27. The smallest absolute Gasteiger partial charge is 0.162 e. The summed E-state index contributed by atoms with van der Waals surface area (Å²) in [5.74, 6) is 0.744. The summed E-state index contributed by atoms with van der Waals surface area (Å²) in [4.78, 5) is 18.1. The van der Waals surface area contributed by atoms with Crippen molar-refractivity contribution < 1.29 is 9.18 Å². The van der Waals surface area contributed by atoms with E-state index in [0.717, 1.165) is 69.7 Å². The molecule has 0 amide bonds. The van der Waals surface area contributed by atoms with E-state index in [1.54, 1.807) is 0 Å². The SMILES string of the molecule is CC(C)(C)c1ccc(CN2CCC(CCC(=O)c3ccc4c(c3)CCN(Cc3ccc(F)cc3)CC4)CC2)cc1.Cl.Cl. The van der Waals surface area contributed by atoms with Crippen molar-refractivity contribution >= 4 is 30.6 Å². The molecule has 2 heterocycles. The normalized spacial score (nSPS) is 16.6. The van der Waals surface area contributed by atoms with Gasteiger partial charge in [0.15, 0.2) is 5.78 Å². The maximum absolute atomic E-state index is 13.3. The second-order valence-corrected chi connectivity index (χ2v) is 13.0. The Balaban J connectivity index is 0.00000242. The highest BCUT2D eigenvalue weighted by molar-refractivity contribution is 5.96. The molecule has 0 atom stereocenters. The largest absolute Gasteiger partial charge is 0.299 e. The Morgan fingerprint density at radius 3 is 1.90 bits per heavy atom. The summed E-state index contributed by atoms with van der Waals surface area (Å²) in [6.07, 6.45) is 5.95. The van der Waals surface area contributed by atoms with Crippen LogP contribution in [0.5, 0.6) is 0 Å². The zero-order valence-electron chi connectivity index (χ0n) is 25.4. The average Bonchev–Trinajstić information content (AvgIpc) is 3.15. The Morgan fingerprint density at radius 2 is 1.31 bits per heavy atom. The third kappa shape index (κ3) is 9.38. The maximum atomic E-state index is 13.3. The van der Waals surface area contributed by atoms with Crippen molar-refractivity contribution in [1.82, 2.24) is 9.80 Å². The molecule has 0 N–H and O–H groups in total. The van der Waals surface area contributed by atoms with Gasteiger partial charge in [-0.2, -0.15) is 0 Å². The Labute approximate surface area is 264 Å². The summed E-state index contributed by atoms with van der Waals surface area (Å²) in [6.45, 7) is 12.8. The number of hydrogen-bond acceptors (Lipinski definition) is 3. The van der Waals surface area contributed by atoms with Gasteiger partial charge < -0.3 is 0 Å². The van der Waals surface area contributed by atoms with Gasteiger partial charge in [0.2, 0.25) is 0 Å². The van der Waals surface area contributed by atoms with Crippen LogP contribution >= 0.6 is 24.8 Å². The van der Waals surface area contributed by atoms with E-state index < -0.39 is 0 Å². The molecule has 0 radical (unpaired) electrons. The van der Waals surface area contributed by atoms with Gasteiger partial charge in [-0.25, -0.2) is 4.39 Å². The molecule has 2 aliphatic rings. The zero-order chi connectivity index (χ0) is 28.1. The van der Waals surface area contributed by atoms with E-state index in [1.807, 2.05) is 18.2 Å². The van der Waals surface area contributed by atoms with Crippen molar-refractivity contribution in [3.8, 4) is 0 Å².